The van der Waals surface area contributed by atoms with E-state index >= 15 is 0 Å². The first-order chi connectivity index (χ1) is 10.0. The molecule has 0 bridgehead atoms. The minimum Gasteiger partial charge on any atom is -0.373 e. The normalized spacial score (nSPS) is 15.6. The van der Waals surface area contributed by atoms with Gasteiger partial charge in [-0.1, -0.05) is 18.5 Å². The summed E-state index contributed by atoms with van der Waals surface area (Å²) in [4.78, 5) is 31.6. The molecule has 1 aromatic rings. The molecule has 1 aliphatic heterocycles. The Balaban J connectivity index is 2.10. The van der Waals surface area contributed by atoms with E-state index in [-0.39, 0.29) is 31.4 Å². The second kappa shape index (κ2) is 6.76. The van der Waals surface area contributed by atoms with Crippen molar-refractivity contribution in [3.05, 3.63) is 22.8 Å². The van der Waals surface area contributed by atoms with Crippen molar-refractivity contribution >= 4 is 29.2 Å². The van der Waals surface area contributed by atoms with Crippen LogP contribution in [0.1, 0.15) is 19.0 Å². The summed E-state index contributed by atoms with van der Waals surface area (Å²) in [5.74, 6) is 0.575. The van der Waals surface area contributed by atoms with Gasteiger partial charge in [0.2, 0.25) is 11.8 Å². The van der Waals surface area contributed by atoms with Crippen LogP contribution in [0, 0.1) is 0 Å². The third-order valence-corrected chi connectivity index (χ3v) is 3.71. The van der Waals surface area contributed by atoms with Crippen molar-refractivity contribution in [3.8, 4) is 0 Å². The molecule has 2 amide bonds. The van der Waals surface area contributed by atoms with Gasteiger partial charge in [0.15, 0.2) is 0 Å². The highest BCUT2D eigenvalue weighted by molar-refractivity contribution is 6.31. The number of carbonyl (C=O) groups is 2. The van der Waals surface area contributed by atoms with Gasteiger partial charge >= 0.3 is 0 Å². The van der Waals surface area contributed by atoms with Gasteiger partial charge in [-0.2, -0.15) is 0 Å². The summed E-state index contributed by atoms with van der Waals surface area (Å²) in [6.07, 6.45) is 0.844. The number of rotatable bonds is 5. The fourth-order valence-electron chi connectivity index (χ4n) is 2.24. The molecule has 0 atom stereocenters. The van der Waals surface area contributed by atoms with E-state index in [4.69, 9.17) is 11.6 Å². The lowest BCUT2D eigenvalue weighted by molar-refractivity contribution is -0.150. The number of nitrogens with one attached hydrogen (secondary N) is 1. The van der Waals surface area contributed by atoms with Gasteiger partial charge in [0.1, 0.15) is 12.4 Å². The molecular formula is C14H19ClN4O2. The van der Waals surface area contributed by atoms with Crippen LogP contribution in [0.2, 0.25) is 5.02 Å². The lowest BCUT2D eigenvalue weighted by Crippen LogP contribution is -2.53. The van der Waals surface area contributed by atoms with Crippen LogP contribution < -0.4 is 5.32 Å². The average molecular weight is 311 g/mol. The standard InChI is InChI=1S/C14H19ClN4O2/c1-3-6-18-8-14(21)19(9-13(18)20)7-11-10(15)4-5-12(16-2)17-11/h4-5H,3,6-9H2,1-2H3,(H,16,17). The van der Waals surface area contributed by atoms with Gasteiger partial charge in [-0.05, 0) is 18.6 Å². The summed E-state index contributed by atoms with van der Waals surface area (Å²) in [5, 5.41) is 3.42. The SMILES string of the molecule is CCCN1CC(=O)N(Cc2nc(NC)ccc2Cl)CC1=O. The van der Waals surface area contributed by atoms with Gasteiger partial charge in [0, 0.05) is 13.6 Å². The van der Waals surface area contributed by atoms with Crippen molar-refractivity contribution in [2.45, 2.75) is 19.9 Å². The van der Waals surface area contributed by atoms with Crippen LogP contribution in [0.15, 0.2) is 12.1 Å². The van der Waals surface area contributed by atoms with E-state index in [2.05, 4.69) is 10.3 Å². The van der Waals surface area contributed by atoms with Crippen LogP contribution >= 0.6 is 11.6 Å². The van der Waals surface area contributed by atoms with Crippen LogP contribution in [0.5, 0.6) is 0 Å². The Morgan fingerprint density at radius 1 is 1.24 bits per heavy atom. The van der Waals surface area contributed by atoms with Crippen molar-refractivity contribution in [1.82, 2.24) is 14.8 Å². The number of pyridine rings is 1. The summed E-state index contributed by atoms with van der Waals surface area (Å²) < 4.78 is 0. The Bertz CT molecular complexity index is 550. The van der Waals surface area contributed by atoms with E-state index in [1.807, 2.05) is 6.92 Å². The Labute approximate surface area is 129 Å². The number of anilines is 1. The van der Waals surface area contributed by atoms with Crippen LogP contribution in [-0.2, 0) is 16.1 Å². The monoisotopic (exact) mass is 310 g/mol. The maximum Gasteiger partial charge on any atom is 0.243 e. The first kappa shape index (κ1) is 15.6. The Kier molecular flexibility index (Phi) is 5.01. The molecule has 0 aliphatic carbocycles. The fourth-order valence-corrected chi connectivity index (χ4v) is 2.40. The second-order valence-corrected chi connectivity index (χ2v) is 5.35. The molecular weight excluding hydrogens is 292 g/mol. The zero-order valence-corrected chi connectivity index (χ0v) is 13.0. The molecule has 1 N–H and O–H groups in total. The number of aromatic nitrogens is 1. The van der Waals surface area contributed by atoms with Gasteiger partial charge in [0.05, 0.1) is 23.8 Å². The smallest absolute Gasteiger partial charge is 0.243 e. The molecule has 2 heterocycles. The van der Waals surface area contributed by atoms with E-state index < -0.39 is 0 Å². The van der Waals surface area contributed by atoms with Gasteiger partial charge in [-0.15, -0.1) is 0 Å². The molecule has 1 saturated heterocycles. The van der Waals surface area contributed by atoms with Crippen LogP contribution in [-0.4, -0.2) is 53.3 Å². The van der Waals surface area contributed by atoms with Gasteiger partial charge in [-0.25, -0.2) is 4.98 Å². The predicted molar refractivity (Wildman–Crippen MR) is 81.1 cm³/mol. The maximum absolute atomic E-state index is 12.1. The highest BCUT2D eigenvalue weighted by Crippen LogP contribution is 2.19. The highest BCUT2D eigenvalue weighted by Gasteiger charge is 2.29. The Morgan fingerprint density at radius 3 is 2.57 bits per heavy atom. The number of hydrogen-bond acceptors (Lipinski definition) is 4. The molecule has 0 saturated carbocycles. The number of piperazine rings is 1. The van der Waals surface area contributed by atoms with Crippen molar-refractivity contribution in [3.63, 3.8) is 0 Å². The van der Waals surface area contributed by atoms with Crippen molar-refractivity contribution in [2.75, 3.05) is 32.0 Å². The minimum absolute atomic E-state index is 0.0302. The lowest BCUT2D eigenvalue weighted by Gasteiger charge is -2.33. The van der Waals surface area contributed by atoms with E-state index in [0.29, 0.717) is 23.1 Å². The summed E-state index contributed by atoms with van der Waals surface area (Å²) in [6.45, 7) is 3.07. The number of amides is 2. The van der Waals surface area contributed by atoms with E-state index in [9.17, 15) is 9.59 Å². The zero-order chi connectivity index (χ0) is 15.4. The van der Waals surface area contributed by atoms with Crippen LogP contribution in [0.25, 0.3) is 0 Å². The molecule has 0 spiro atoms. The molecule has 114 valence electrons. The zero-order valence-electron chi connectivity index (χ0n) is 12.2. The molecule has 21 heavy (non-hydrogen) atoms. The third kappa shape index (κ3) is 3.64. The van der Waals surface area contributed by atoms with Crippen molar-refractivity contribution < 1.29 is 9.59 Å². The topological polar surface area (TPSA) is 65.5 Å². The van der Waals surface area contributed by atoms with Crippen molar-refractivity contribution in [2.24, 2.45) is 0 Å². The van der Waals surface area contributed by atoms with E-state index in [1.54, 1.807) is 24.1 Å². The maximum atomic E-state index is 12.1. The fraction of sp³-hybridized carbons (Fsp3) is 0.500. The molecule has 6 nitrogen and oxygen atoms in total. The van der Waals surface area contributed by atoms with Gasteiger partial charge < -0.3 is 15.1 Å². The molecule has 2 rings (SSSR count). The number of halogens is 1. The molecule has 1 aliphatic rings. The molecule has 0 radical (unpaired) electrons. The predicted octanol–water partition coefficient (Wildman–Crippen LogP) is 1.36. The molecule has 7 heteroatoms. The highest BCUT2D eigenvalue weighted by atomic mass is 35.5. The summed E-state index contributed by atoms with van der Waals surface area (Å²) in [5.41, 5.74) is 0.591. The number of hydrogen-bond donors (Lipinski definition) is 1. The Hall–Kier alpha value is -1.82. The lowest BCUT2D eigenvalue weighted by atomic mass is 10.2. The van der Waals surface area contributed by atoms with Gasteiger partial charge in [-0.3, -0.25) is 9.59 Å². The van der Waals surface area contributed by atoms with Crippen LogP contribution in [0.4, 0.5) is 5.82 Å². The first-order valence-electron chi connectivity index (χ1n) is 6.94. The van der Waals surface area contributed by atoms with Crippen molar-refractivity contribution in [1.29, 1.82) is 0 Å². The minimum atomic E-state index is -0.0734. The Morgan fingerprint density at radius 2 is 1.90 bits per heavy atom. The van der Waals surface area contributed by atoms with Crippen LogP contribution in [0.3, 0.4) is 0 Å². The first-order valence-corrected chi connectivity index (χ1v) is 7.31. The van der Waals surface area contributed by atoms with Gasteiger partial charge in [0.25, 0.3) is 0 Å². The second-order valence-electron chi connectivity index (χ2n) is 4.94. The molecule has 0 aromatic carbocycles. The average Bonchev–Trinajstić information content (AvgIpc) is 2.46. The van der Waals surface area contributed by atoms with E-state index in [0.717, 1.165) is 6.42 Å². The van der Waals surface area contributed by atoms with E-state index in [1.165, 1.54) is 4.90 Å². The molecule has 0 unspecified atom stereocenters. The summed E-state index contributed by atoms with van der Waals surface area (Å²) in [7, 11) is 1.76. The number of carbonyl (C=O) groups excluding carboxylic acids is 2. The summed E-state index contributed by atoms with van der Waals surface area (Å²) >= 11 is 6.11. The quantitative estimate of drug-likeness (QED) is 0.892. The molecule has 1 aromatic heterocycles. The summed E-state index contributed by atoms with van der Waals surface area (Å²) in [6, 6.07) is 3.49. The third-order valence-electron chi connectivity index (χ3n) is 3.37. The molecule has 1 fully saturated rings. The number of nitrogens with zero attached hydrogens (tertiary/aromatic N) is 3. The largest absolute Gasteiger partial charge is 0.373 e.